The zero-order chi connectivity index (χ0) is 16.8. The van der Waals surface area contributed by atoms with E-state index in [1.54, 1.807) is 12.1 Å². The van der Waals surface area contributed by atoms with Crippen molar-refractivity contribution in [1.82, 2.24) is 0 Å². The molecule has 3 aromatic rings. The second-order valence-electron chi connectivity index (χ2n) is 5.59. The highest BCUT2D eigenvalue weighted by Crippen LogP contribution is 2.33. The molecule has 0 atom stereocenters. The zero-order valence-corrected chi connectivity index (χ0v) is 13.3. The van der Waals surface area contributed by atoms with Gasteiger partial charge in [-0.15, -0.1) is 0 Å². The first kappa shape index (κ1) is 16.2. The fourth-order valence-corrected chi connectivity index (χ4v) is 3.00. The van der Waals surface area contributed by atoms with Gasteiger partial charge in [0.05, 0.1) is 18.3 Å². The van der Waals surface area contributed by atoms with Crippen LogP contribution in [0.3, 0.4) is 0 Å². The van der Waals surface area contributed by atoms with Crippen LogP contribution in [0.15, 0.2) is 84.9 Å². The summed E-state index contributed by atoms with van der Waals surface area (Å²) >= 11 is 0. The molecular formula is C21H20FNO. The fraction of sp³-hybridized carbons (Fsp3) is 0.143. The number of nitrogens with zero attached hydrogens (tertiary/aromatic N) is 1. The predicted octanol–water partition coefficient (Wildman–Crippen LogP) is 4.41. The minimum absolute atomic E-state index is 0.0511. The largest absolute Gasteiger partial charge is 0.395 e. The van der Waals surface area contributed by atoms with Crippen LogP contribution in [0.1, 0.15) is 17.2 Å². The molecule has 0 aliphatic heterocycles. The average molecular weight is 321 g/mol. The molecule has 3 rings (SSSR count). The predicted molar refractivity (Wildman–Crippen MR) is 95.6 cm³/mol. The van der Waals surface area contributed by atoms with E-state index in [4.69, 9.17) is 0 Å². The lowest BCUT2D eigenvalue weighted by molar-refractivity contribution is 0.299. The first-order valence-corrected chi connectivity index (χ1v) is 8.03. The van der Waals surface area contributed by atoms with Crippen molar-refractivity contribution in [3.63, 3.8) is 0 Å². The molecule has 0 bridgehead atoms. The number of hydrogen-bond donors (Lipinski definition) is 1. The maximum atomic E-state index is 14.4. The van der Waals surface area contributed by atoms with Gasteiger partial charge in [0.1, 0.15) is 5.82 Å². The van der Waals surface area contributed by atoms with Crippen LogP contribution in [-0.2, 0) is 0 Å². The molecule has 122 valence electrons. The molecule has 0 heterocycles. The second-order valence-corrected chi connectivity index (χ2v) is 5.59. The number of aliphatic hydroxyl groups is 1. The van der Waals surface area contributed by atoms with Crippen LogP contribution in [-0.4, -0.2) is 18.3 Å². The van der Waals surface area contributed by atoms with Gasteiger partial charge < -0.3 is 10.0 Å². The van der Waals surface area contributed by atoms with Crippen molar-refractivity contribution in [1.29, 1.82) is 0 Å². The van der Waals surface area contributed by atoms with Crippen molar-refractivity contribution in [2.45, 2.75) is 6.04 Å². The van der Waals surface area contributed by atoms with Crippen LogP contribution in [0.4, 0.5) is 10.1 Å². The number of benzene rings is 3. The summed E-state index contributed by atoms with van der Waals surface area (Å²) in [5, 5.41) is 9.57. The number of para-hydroxylation sites is 1. The van der Waals surface area contributed by atoms with E-state index in [2.05, 4.69) is 0 Å². The number of halogens is 1. The summed E-state index contributed by atoms with van der Waals surface area (Å²) in [6.45, 7) is 0.292. The van der Waals surface area contributed by atoms with E-state index in [9.17, 15) is 9.50 Å². The van der Waals surface area contributed by atoms with Gasteiger partial charge in [0.2, 0.25) is 0 Å². The maximum absolute atomic E-state index is 14.4. The Balaban J connectivity index is 2.13. The highest BCUT2D eigenvalue weighted by molar-refractivity contribution is 5.53. The molecule has 3 heteroatoms. The second kappa shape index (κ2) is 7.75. The Morgan fingerprint density at radius 2 is 1.25 bits per heavy atom. The molecule has 0 aliphatic carbocycles. The number of rotatable bonds is 6. The third-order valence-corrected chi connectivity index (χ3v) is 4.05. The standard InChI is InChI=1S/C21H20FNO/c22-19-13-7-8-14-20(19)23(15-16-24)21(17-9-3-1-4-10-17)18-11-5-2-6-12-18/h1-14,21,24H,15-16H2. The van der Waals surface area contributed by atoms with E-state index in [0.29, 0.717) is 12.2 Å². The summed E-state index contributed by atoms with van der Waals surface area (Å²) in [6.07, 6.45) is 0. The molecule has 0 radical (unpaired) electrons. The van der Waals surface area contributed by atoms with Crippen molar-refractivity contribution in [3.8, 4) is 0 Å². The van der Waals surface area contributed by atoms with Gasteiger partial charge in [-0.3, -0.25) is 0 Å². The van der Waals surface area contributed by atoms with Crippen molar-refractivity contribution in [3.05, 3.63) is 102 Å². The topological polar surface area (TPSA) is 23.5 Å². The van der Waals surface area contributed by atoms with E-state index in [-0.39, 0.29) is 18.5 Å². The monoisotopic (exact) mass is 321 g/mol. The summed E-state index contributed by atoms with van der Waals surface area (Å²) in [6, 6.07) is 26.5. The van der Waals surface area contributed by atoms with E-state index in [0.717, 1.165) is 11.1 Å². The molecule has 2 nitrogen and oxygen atoms in total. The Bertz CT molecular complexity index is 722. The SMILES string of the molecule is OCCN(c1ccccc1F)C(c1ccccc1)c1ccccc1. The third kappa shape index (κ3) is 3.47. The van der Waals surface area contributed by atoms with Gasteiger partial charge in [-0.2, -0.15) is 0 Å². The van der Waals surface area contributed by atoms with Crippen molar-refractivity contribution in [2.24, 2.45) is 0 Å². The molecule has 24 heavy (non-hydrogen) atoms. The van der Waals surface area contributed by atoms with E-state index in [1.807, 2.05) is 71.6 Å². The Kier molecular flexibility index (Phi) is 5.24. The smallest absolute Gasteiger partial charge is 0.146 e. The lowest BCUT2D eigenvalue weighted by Crippen LogP contribution is -2.33. The quantitative estimate of drug-likeness (QED) is 0.727. The van der Waals surface area contributed by atoms with Crippen LogP contribution < -0.4 is 4.90 Å². The normalized spacial score (nSPS) is 10.8. The molecule has 0 unspecified atom stereocenters. The zero-order valence-electron chi connectivity index (χ0n) is 13.3. The van der Waals surface area contributed by atoms with E-state index in [1.165, 1.54) is 6.07 Å². The first-order valence-electron chi connectivity index (χ1n) is 8.03. The molecule has 0 saturated heterocycles. The maximum Gasteiger partial charge on any atom is 0.146 e. The molecule has 1 N–H and O–H groups in total. The minimum atomic E-state index is -0.289. The lowest BCUT2D eigenvalue weighted by Gasteiger charge is -2.34. The summed E-state index contributed by atoms with van der Waals surface area (Å²) < 4.78 is 14.4. The molecule has 0 aromatic heterocycles. The number of hydrogen-bond acceptors (Lipinski definition) is 2. The highest BCUT2D eigenvalue weighted by atomic mass is 19.1. The van der Waals surface area contributed by atoms with Gasteiger partial charge in [-0.25, -0.2) is 4.39 Å². The molecule has 0 fully saturated rings. The van der Waals surface area contributed by atoms with Gasteiger partial charge in [0.15, 0.2) is 0 Å². The van der Waals surface area contributed by atoms with Gasteiger partial charge >= 0.3 is 0 Å². The van der Waals surface area contributed by atoms with E-state index >= 15 is 0 Å². The first-order chi connectivity index (χ1) is 11.8. The Labute approximate surface area is 141 Å². The molecule has 0 saturated carbocycles. The summed E-state index contributed by atoms with van der Waals surface area (Å²) in [5.41, 5.74) is 2.60. The van der Waals surface area contributed by atoms with Crippen LogP contribution in [0.2, 0.25) is 0 Å². The third-order valence-electron chi connectivity index (χ3n) is 4.05. The summed E-state index contributed by atoms with van der Waals surface area (Å²) in [4.78, 5) is 1.92. The van der Waals surface area contributed by atoms with Crippen molar-refractivity contribution < 1.29 is 9.50 Å². The van der Waals surface area contributed by atoms with Crippen molar-refractivity contribution in [2.75, 3.05) is 18.1 Å². The molecule has 3 aromatic carbocycles. The lowest BCUT2D eigenvalue weighted by atomic mass is 9.96. The molecule has 0 spiro atoms. The summed E-state index contributed by atoms with van der Waals surface area (Å²) in [7, 11) is 0. The molecular weight excluding hydrogens is 301 g/mol. The number of anilines is 1. The number of aliphatic hydroxyl groups excluding tert-OH is 1. The van der Waals surface area contributed by atoms with Crippen LogP contribution in [0.5, 0.6) is 0 Å². The van der Waals surface area contributed by atoms with Crippen molar-refractivity contribution >= 4 is 5.69 Å². The highest BCUT2D eigenvalue weighted by Gasteiger charge is 2.24. The molecule has 0 amide bonds. The van der Waals surface area contributed by atoms with Gasteiger partial charge in [-0.1, -0.05) is 72.8 Å². The Morgan fingerprint density at radius 1 is 0.750 bits per heavy atom. The molecule has 0 aliphatic rings. The fourth-order valence-electron chi connectivity index (χ4n) is 3.00. The minimum Gasteiger partial charge on any atom is -0.395 e. The van der Waals surface area contributed by atoms with Crippen LogP contribution in [0, 0.1) is 5.82 Å². The Morgan fingerprint density at radius 3 is 1.75 bits per heavy atom. The van der Waals surface area contributed by atoms with Gasteiger partial charge in [0, 0.05) is 6.54 Å². The van der Waals surface area contributed by atoms with Gasteiger partial charge in [0.25, 0.3) is 0 Å². The average Bonchev–Trinajstić information content (AvgIpc) is 2.64. The summed E-state index contributed by atoms with van der Waals surface area (Å²) in [5.74, 6) is -0.289. The van der Waals surface area contributed by atoms with Gasteiger partial charge in [-0.05, 0) is 23.3 Å². The van der Waals surface area contributed by atoms with Crippen LogP contribution in [0.25, 0.3) is 0 Å². The van der Waals surface area contributed by atoms with Crippen LogP contribution >= 0.6 is 0 Å². The van der Waals surface area contributed by atoms with E-state index < -0.39 is 0 Å². The Hall–Kier alpha value is -2.65.